The first-order valence-corrected chi connectivity index (χ1v) is 15.4. The van der Waals surface area contributed by atoms with Crippen molar-refractivity contribution >= 4 is 15.9 Å². The van der Waals surface area contributed by atoms with Crippen molar-refractivity contribution < 1.29 is 27.8 Å². The normalized spacial score (nSPS) is 20.1. The molecule has 0 aromatic heterocycles. The largest absolute Gasteiger partial charge is 0.493 e. The van der Waals surface area contributed by atoms with Crippen molar-refractivity contribution in [2.24, 2.45) is 0 Å². The summed E-state index contributed by atoms with van der Waals surface area (Å²) in [4.78, 5) is 11.8. The number of hydrogen-bond acceptors (Lipinski definition) is 6. The molecule has 0 radical (unpaired) electrons. The molecule has 0 bridgehead atoms. The van der Waals surface area contributed by atoms with Crippen LogP contribution in [0.15, 0.2) is 54.6 Å². The maximum Gasteiger partial charge on any atom is 0.235 e. The average molecular weight is 564 g/mol. The van der Waals surface area contributed by atoms with E-state index in [1.54, 1.807) is 13.8 Å². The molecule has 2 aliphatic rings. The first-order chi connectivity index (χ1) is 18.9. The van der Waals surface area contributed by atoms with E-state index in [0.29, 0.717) is 13.0 Å². The van der Waals surface area contributed by atoms with Crippen LogP contribution in [0.1, 0.15) is 72.9 Å². The van der Waals surface area contributed by atoms with E-state index in [4.69, 9.17) is 9.47 Å². The molecule has 0 saturated carbocycles. The van der Waals surface area contributed by atoms with Gasteiger partial charge in [-0.25, -0.2) is 8.42 Å². The number of aliphatic hydroxyl groups is 1. The molecule has 1 saturated heterocycles. The SMILES string of the molecule is Cc1cc(OCCC(C)(C)O)cc(C)c1-c1cccc2c1CC[C@H]2Oc1ccc(C2CC(=O)NS(=O)(=O)C2)cc1. The Balaban J connectivity index is 1.32. The second-order valence-electron chi connectivity index (χ2n) is 11.6. The zero-order valence-corrected chi connectivity index (χ0v) is 24.3. The number of benzene rings is 3. The number of carbonyl (C=O) groups is 1. The topological polar surface area (TPSA) is 102 Å². The lowest BCUT2D eigenvalue weighted by atomic mass is 9.90. The molecule has 1 aliphatic heterocycles. The summed E-state index contributed by atoms with van der Waals surface area (Å²) in [6, 6.07) is 18.0. The van der Waals surface area contributed by atoms with E-state index in [1.807, 2.05) is 24.3 Å². The van der Waals surface area contributed by atoms with E-state index in [2.05, 4.69) is 48.9 Å². The highest BCUT2D eigenvalue weighted by Crippen LogP contribution is 2.42. The van der Waals surface area contributed by atoms with Crippen molar-refractivity contribution in [3.05, 3.63) is 82.4 Å². The number of ether oxygens (including phenoxy) is 2. The number of rotatable bonds is 8. The third-order valence-electron chi connectivity index (χ3n) is 7.73. The lowest BCUT2D eigenvalue weighted by molar-refractivity contribution is -0.119. The lowest BCUT2D eigenvalue weighted by Crippen LogP contribution is -2.40. The molecular weight excluding hydrogens is 526 g/mol. The van der Waals surface area contributed by atoms with Crippen LogP contribution in [0.2, 0.25) is 0 Å². The summed E-state index contributed by atoms with van der Waals surface area (Å²) in [5, 5.41) is 9.97. The fourth-order valence-electron chi connectivity index (χ4n) is 5.82. The summed E-state index contributed by atoms with van der Waals surface area (Å²) in [5.41, 5.74) is 7.25. The standard InChI is InChI=1S/C32H37NO6S/c1-20-16-25(38-15-14-32(3,4)35)17-21(2)31(20)28-7-5-6-27-26(28)12-13-29(27)39-24-10-8-22(9-11-24)23-18-30(34)33-40(36,37)19-23/h5-11,16-17,23,29,35H,12-15,18-19H2,1-4H3,(H,33,34)/t23?,29-/m1/s1. The van der Waals surface area contributed by atoms with Crippen LogP contribution in [-0.4, -0.2) is 37.4 Å². The van der Waals surface area contributed by atoms with Crippen molar-refractivity contribution in [3.63, 3.8) is 0 Å². The van der Waals surface area contributed by atoms with Crippen LogP contribution < -0.4 is 14.2 Å². The quantitative estimate of drug-likeness (QED) is 0.375. The number of aryl methyl sites for hydroxylation is 2. The summed E-state index contributed by atoms with van der Waals surface area (Å²) in [6.07, 6.45) is 2.41. The number of carbonyl (C=O) groups excluding carboxylic acids is 1. The highest BCUT2D eigenvalue weighted by atomic mass is 32.2. The second-order valence-corrected chi connectivity index (χ2v) is 13.4. The number of amides is 1. The number of nitrogens with one attached hydrogen (secondary N) is 1. The van der Waals surface area contributed by atoms with Crippen molar-refractivity contribution in [2.45, 2.75) is 71.0 Å². The molecule has 3 aromatic rings. The van der Waals surface area contributed by atoms with Gasteiger partial charge in [0.2, 0.25) is 15.9 Å². The highest BCUT2D eigenvalue weighted by Gasteiger charge is 2.31. The Kier molecular flexibility index (Phi) is 7.68. The Morgan fingerprint density at radius 2 is 1.73 bits per heavy atom. The first kappa shape index (κ1) is 28.2. The molecule has 3 aromatic carbocycles. The Bertz CT molecular complexity index is 1500. The van der Waals surface area contributed by atoms with Crippen molar-refractivity contribution in [3.8, 4) is 22.6 Å². The average Bonchev–Trinajstić information content (AvgIpc) is 3.25. The molecule has 8 heteroatoms. The summed E-state index contributed by atoms with van der Waals surface area (Å²) in [7, 11) is -3.58. The minimum absolute atomic E-state index is 0.0771. The van der Waals surface area contributed by atoms with Crippen molar-refractivity contribution in [1.82, 2.24) is 4.72 Å². The Labute approximate surface area is 236 Å². The van der Waals surface area contributed by atoms with E-state index < -0.39 is 21.5 Å². The molecule has 1 amide bonds. The molecule has 212 valence electrons. The molecule has 2 N–H and O–H groups in total. The first-order valence-electron chi connectivity index (χ1n) is 13.8. The molecule has 1 fully saturated rings. The van der Waals surface area contributed by atoms with Gasteiger partial charge in [0.05, 0.1) is 18.0 Å². The van der Waals surface area contributed by atoms with E-state index >= 15 is 0 Å². The van der Waals surface area contributed by atoms with Gasteiger partial charge in [0.25, 0.3) is 0 Å². The van der Waals surface area contributed by atoms with Gasteiger partial charge in [0.15, 0.2) is 0 Å². The fourth-order valence-corrected chi connectivity index (χ4v) is 7.18. The number of sulfonamides is 1. The van der Waals surface area contributed by atoms with Gasteiger partial charge in [-0.05, 0) is 104 Å². The monoisotopic (exact) mass is 563 g/mol. The van der Waals surface area contributed by atoms with Crippen LogP contribution in [-0.2, 0) is 21.2 Å². The molecule has 40 heavy (non-hydrogen) atoms. The van der Waals surface area contributed by atoms with Gasteiger partial charge in [-0.3, -0.25) is 9.52 Å². The third-order valence-corrected chi connectivity index (χ3v) is 9.11. The molecule has 0 spiro atoms. The predicted molar refractivity (Wildman–Crippen MR) is 155 cm³/mol. The second kappa shape index (κ2) is 10.9. The van der Waals surface area contributed by atoms with Gasteiger partial charge in [-0.1, -0.05) is 30.3 Å². The van der Waals surface area contributed by atoms with Gasteiger partial charge < -0.3 is 14.6 Å². The Morgan fingerprint density at radius 3 is 2.38 bits per heavy atom. The van der Waals surface area contributed by atoms with Crippen LogP contribution in [0.25, 0.3) is 11.1 Å². The van der Waals surface area contributed by atoms with Gasteiger partial charge in [0, 0.05) is 18.8 Å². The maximum atomic E-state index is 12.0. The van der Waals surface area contributed by atoms with Gasteiger partial charge in [-0.15, -0.1) is 0 Å². The highest BCUT2D eigenvalue weighted by molar-refractivity contribution is 7.90. The molecule has 1 unspecified atom stereocenters. The molecular formula is C32H37NO6S. The van der Waals surface area contributed by atoms with Crippen molar-refractivity contribution in [2.75, 3.05) is 12.4 Å². The van der Waals surface area contributed by atoms with E-state index in [1.165, 1.54) is 22.3 Å². The van der Waals surface area contributed by atoms with E-state index in [0.717, 1.165) is 41.0 Å². The Morgan fingerprint density at radius 1 is 1.02 bits per heavy atom. The molecule has 1 heterocycles. The van der Waals surface area contributed by atoms with Crippen LogP contribution in [0.4, 0.5) is 0 Å². The van der Waals surface area contributed by atoms with Crippen molar-refractivity contribution in [1.29, 1.82) is 0 Å². The smallest absolute Gasteiger partial charge is 0.235 e. The summed E-state index contributed by atoms with van der Waals surface area (Å²) < 4.78 is 38.3. The molecule has 2 atom stereocenters. The molecule has 5 rings (SSSR count). The zero-order chi connectivity index (χ0) is 28.7. The predicted octanol–water partition coefficient (Wildman–Crippen LogP) is 5.51. The number of fused-ring (bicyclic) bond motifs is 1. The maximum absolute atomic E-state index is 12.0. The van der Waals surface area contributed by atoms with Gasteiger partial charge >= 0.3 is 0 Å². The molecule has 7 nitrogen and oxygen atoms in total. The lowest BCUT2D eigenvalue weighted by Gasteiger charge is -2.23. The van der Waals surface area contributed by atoms with Crippen LogP contribution >= 0.6 is 0 Å². The minimum atomic E-state index is -3.58. The van der Waals surface area contributed by atoms with Crippen LogP contribution in [0, 0.1) is 13.8 Å². The summed E-state index contributed by atoms with van der Waals surface area (Å²) in [6.45, 7) is 8.24. The minimum Gasteiger partial charge on any atom is -0.493 e. The summed E-state index contributed by atoms with van der Waals surface area (Å²) in [5.74, 6) is 0.618. The fraction of sp³-hybridized carbons (Fsp3) is 0.406. The van der Waals surface area contributed by atoms with E-state index in [-0.39, 0.29) is 24.2 Å². The van der Waals surface area contributed by atoms with E-state index in [9.17, 15) is 18.3 Å². The third kappa shape index (κ3) is 6.34. The molecule has 1 aliphatic carbocycles. The van der Waals surface area contributed by atoms with Gasteiger partial charge in [0.1, 0.15) is 17.6 Å². The zero-order valence-electron chi connectivity index (χ0n) is 23.5. The summed E-state index contributed by atoms with van der Waals surface area (Å²) >= 11 is 0. The van der Waals surface area contributed by atoms with Crippen LogP contribution in [0.3, 0.4) is 0 Å². The van der Waals surface area contributed by atoms with Crippen LogP contribution in [0.5, 0.6) is 11.5 Å². The number of hydrogen-bond donors (Lipinski definition) is 2. The van der Waals surface area contributed by atoms with Gasteiger partial charge in [-0.2, -0.15) is 0 Å². The Hall–Kier alpha value is -3.36.